The molecule has 0 bridgehead atoms. The predicted molar refractivity (Wildman–Crippen MR) is 130 cm³/mol. The first-order chi connectivity index (χ1) is 16.0. The maximum absolute atomic E-state index is 12.0. The Morgan fingerprint density at radius 3 is 2.06 bits per heavy atom. The zero-order valence-electron chi connectivity index (χ0n) is 19.2. The second-order valence-electron chi connectivity index (χ2n) is 7.85. The van der Waals surface area contributed by atoms with E-state index in [4.69, 9.17) is 13.9 Å². The van der Waals surface area contributed by atoms with Gasteiger partial charge in [0.25, 0.3) is 0 Å². The van der Waals surface area contributed by atoms with E-state index >= 15 is 0 Å². The quantitative estimate of drug-likeness (QED) is 0.360. The van der Waals surface area contributed by atoms with Crippen LogP contribution in [0.1, 0.15) is 35.5 Å². The number of ether oxygens (including phenoxy) is 2. The Balaban J connectivity index is 1.88. The van der Waals surface area contributed by atoms with Crippen molar-refractivity contribution in [2.24, 2.45) is 0 Å². The number of nitrogens with one attached hydrogen (secondary N) is 1. The van der Waals surface area contributed by atoms with E-state index in [-0.39, 0.29) is 11.8 Å². The lowest BCUT2D eigenvalue weighted by Gasteiger charge is -2.22. The van der Waals surface area contributed by atoms with Gasteiger partial charge in [0.05, 0.1) is 20.1 Å². The lowest BCUT2D eigenvalue weighted by molar-refractivity contribution is -0.114. The zero-order chi connectivity index (χ0) is 23.4. The minimum atomic E-state index is -0.259. The maximum atomic E-state index is 12.0. The second-order valence-corrected chi connectivity index (χ2v) is 7.85. The van der Waals surface area contributed by atoms with Gasteiger partial charge in [-0.2, -0.15) is 0 Å². The summed E-state index contributed by atoms with van der Waals surface area (Å²) in [4.78, 5) is 12.0. The molecular formula is C28H27NO4. The molecule has 1 aromatic heterocycles. The third kappa shape index (κ3) is 4.77. The van der Waals surface area contributed by atoms with E-state index in [9.17, 15) is 4.79 Å². The van der Waals surface area contributed by atoms with Crippen LogP contribution in [0.4, 0.5) is 5.69 Å². The van der Waals surface area contributed by atoms with Gasteiger partial charge in [0, 0.05) is 18.7 Å². The molecular weight excluding hydrogens is 414 g/mol. The van der Waals surface area contributed by atoms with E-state index < -0.39 is 0 Å². The molecule has 0 saturated heterocycles. The normalized spacial score (nSPS) is 11.6. The van der Waals surface area contributed by atoms with E-state index in [0.717, 1.165) is 33.8 Å². The number of aryl methyl sites for hydroxylation is 1. The standard InChI is InChI=1S/C28H27NO4/c1-18-10-15-25(33-18)28(22-13-11-21(12-14-22)20-8-6-5-7-9-20)23-16-26(31-3)27(32-4)17-24(23)29-19(2)30/h5-17,28H,1-4H3,(H,29,30). The first kappa shape index (κ1) is 22.2. The topological polar surface area (TPSA) is 60.7 Å². The number of furan rings is 1. The Labute approximate surface area is 194 Å². The van der Waals surface area contributed by atoms with Gasteiger partial charge in [0.15, 0.2) is 11.5 Å². The molecule has 0 aliphatic rings. The number of anilines is 1. The maximum Gasteiger partial charge on any atom is 0.221 e. The molecule has 1 amide bonds. The molecule has 0 aliphatic carbocycles. The lowest BCUT2D eigenvalue weighted by atomic mass is 9.86. The molecule has 4 rings (SSSR count). The van der Waals surface area contributed by atoms with Gasteiger partial charge in [-0.1, -0.05) is 54.6 Å². The molecule has 5 heteroatoms. The fourth-order valence-electron chi connectivity index (χ4n) is 4.04. The molecule has 0 radical (unpaired) electrons. The minimum Gasteiger partial charge on any atom is -0.493 e. The Hall–Kier alpha value is -3.99. The van der Waals surface area contributed by atoms with Crippen LogP contribution < -0.4 is 14.8 Å². The molecule has 5 nitrogen and oxygen atoms in total. The first-order valence-electron chi connectivity index (χ1n) is 10.8. The number of carbonyl (C=O) groups is 1. The molecule has 33 heavy (non-hydrogen) atoms. The summed E-state index contributed by atoms with van der Waals surface area (Å²) in [6.45, 7) is 3.41. The molecule has 1 atom stereocenters. The van der Waals surface area contributed by atoms with Crippen LogP contribution in [0.5, 0.6) is 11.5 Å². The number of hydrogen-bond donors (Lipinski definition) is 1. The van der Waals surface area contributed by atoms with Crippen LogP contribution in [0.2, 0.25) is 0 Å². The highest BCUT2D eigenvalue weighted by atomic mass is 16.5. The van der Waals surface area contributed by atoms with Crippen molar-refractivity contribution in [1.29, 1.82) is 0 Å². The number of hydrogen-bond acceptors (Lipinski definition) is 4. The van der Waals surface area contributed by atoms with Crippen molar-refractivity contribution in [3.63, 3.8) is 0 Å². The fourth-order valence-corrected chi connectivity index (χ4v) is 4.04. The third-order valence-corrected chi connectivity index (χ3v) is 5.57. The number of carbonyl (C=O) groups excluding carboxylic acids is 1. The molecule has 1 N–H and O–H groups in total. The molecule has 0 saturated carbocycles. The van der Waals surface area contributed by atoms with Gasteiger partial charge in [-0.25, -0.2) is 0 Å². The highest BCUT2D eigenvalue weighted by Gasteiger charge is 2.26. The van der Waals surface area contributed by atoms with Crippen LogP contribution in [-0.4, -0.2) is 20.1 Å². The van der Waals surface area contributed by atoms with Crippen LogP contribution in [0.3, 0.4) is 0 Å². The molecule has 0 spiro atoms. The van der Waals surface area contributed by atoms with Gasteiger partial charge in [-0.15, -0.1) is 0 Å². The second kappa shape index (κ2) is 9.65. The molecule has 0 fully saturated rings. The SMILES string of the molecule is COc1cc(NC(C)=O)c(C(c2ccc(-c3ccccc3)cc2)c2ccc(C)o2)cc1OC. The number of amides is 1. The summed E-state index contributed by atoms with van der Waals surface area (Å²) < 4.78 is 17.1. The smallest absolute Gasteiger partial charge is 0.221 e. The Morgan fingerprint density at radius 2 is 1.48 bits per heavy atom. The van der Waals surface area contributed by atoms with Crippen molar-refractivity contribution in [2.75, 3.05) is 19.5 Å². The van der Waals surface area contributed by atoms with Gasteiger partial charge >= 0.3 is 0 Å². The number of methoxy groups -OCH3 is 2. The lowest BCUT2D eigenvalue weighted by Crippen LogP contribution is -2.12. The average Bonchev–Trinajstić information content (AvgIpc) is 3.26. The summed E-state index contributed by atoms with van der Waals surface area (Å²) in [7, 11) is 3.17. The zero-order valence-corrected chi connectivity index (χ0v) is 19.2. The van der Waals surface area contributed by atoms with E-state index in [1.165, 1.54) is 6.92 Å². The number of rotatable bonds is 7. The summed E-state index contributed by atoms with van der Waals surface area (Å²) in [5.41, 5.74) is 4.81. The summed E-state index contributed by atoms with van der Waals surface area (Å²) in [5.74, 6) is 2.29. The number of benzene rings is 3. The fraction of sp³-hybridized carbons (Fsp3) is 0.179. The van der Waals surface area contributed by atoms with E-state index in [0.29, 0.717) is 17.2 Å². The Bertz CT molecular complexity index is 1240. The van der Waals surface area contributed by atoms with Gasteiger partial charge in [0.2, 0.25) is 5.91 Å². The van der Waals surface area contributed by atoms with Crippen molar-refractivity contribution in [1.82, 2.24) is 0 Å². The van der Waals surface area contributed by atoms with Crippen molar-refractivity contribution in [3.8, 4) is 22.6 Å². The van der Waals surface area contributed by atoms with Gasteiger partial charge in [0.1, 0.15) is 11.5 Å². The van der Waals surface area contributed by atoms with Gasteiger partial charge in [-0.05, 0) is 47.4 Å². The Kier molecular flexibility index (Phi) is 6.50. The van der Waals surface area contributed by atoms with Crippen LogP contribution in [0, 0.1) is 6.92 Å². The van der Waals surface area contributed by atoms with Crippen molar-refractivity contribution >= 4 is 11.6 Å². The summed E-state index contributed by atoms with van der Waals surface area (Å²) in [6.07, 6.45) is 0. The average molecular weight is 442 g/mol. The highest BCUT2D eigenvalue weighted by molar-refractivity contribution is 5.90. The predicted octanol–water partition coefficient (Wildman–Crippen LogP) is 6.41. The monoisotopic (exact) mass is 441 g/mol. The summed E-state index contributed by atoms with van der Waals surface area (Å²) in [6, 6.07) is 26.2. The molecule has 1 heterocycles. The van der Waals surface area contributed by atoms with Crippen molar-refractivity contribution in [3.05, 3.63) is 102 Å². The summed E-state index contributed by atoms with van der Waals surface area (Å²) >= 11 is 0. The minimum absolute atomic E-state index is 0.169. The molecule has 3 aromatic carbocycles. The largest absolute Gasteiger partial charge is 0.493 e. The van der Waals surface area contributed by atoms with E-state index in [2.05, 4.69) is 41.7 Å². The first-order valence-corrected chi connectivity index (χ1v) is 10.8. The van der Waals surface area contributed by atoms with Gasteiger partial charge < -0.3 is 19.2 Å². The van der Waals surface area contributed by atoms with Crippen LogP contribution in [-0.2, 0) is 4.79 Å². The van der Waals surface area contributed by atoms with Crippen molar-refractivity contribution in [2.45, 2.75) is 19.8 Å². The Morgan fingerprint density at radius 1 is 0.848 bits per heavy atom. The highest BCUT2D eigenvalue weighted by Crippen LogP contribution is 2.42. The van der Waals surface area contributed by atoms with Gasteiger partial charge in [-0.3, -0.25) is 4.79 Å². The molecule has 168 valence electrons. The van der Waals surface area contributed by atoms with Crippen LogP contribution >= 0.6 is 0 Å². The molecule has 1 unspecified atom stereocenters. The molecule has 4 aromatic rings. The van der Waals surface area contributed by atoms with Crippen molar-refractivity contribution < 1.29 is 18.7 Å². The van der Waals surface area contributed by atoms with Crippen LogP contribution in [0.15, 0.2) is 83.3 Å². The summed E-state index contributed by atoms with van der Waals surface area (Å²) in [5, 5.41) is 2.95. The van der Waals surface area contributed by atoms with Crippen LogP contribution in [0.25, 0.3) is 11.1 Å². The molecule has 0 aliphatic heterocycles. The van der Waals surface area contributed by atoms with E-state index in [1.807, 2.05) is 43.3 Å². The van der Waals surface area contributed by atoms with E-state index in [1.54, 1.807) is 20.3 Å². The third-order valence-electron chi connectivity index (χ3n) is 5.57.